The first kappa shape index (κ1) is 20.9. The topological polar surface area (TPSA) is 60.9 Å². The first-order valence-corrected chi connectivity index (χ1v) is 11.0. The van der Waals surface area contributed by atoms with Crippen LogP contribution in [0.5, 0.6) is 0 Å². The predicted octanol–water partition coefficient (Wildman–Crippen LogP) is 1.70. The lowest BCUT2D eigenvalue weighted by Gasteiger charge is -2.34. The van der Waals surface area contributed by atoms with Crippen LogP contribution in [0, 0.1) is 6.92 Å². The van der Waals surface area contributed by atoms with Crippen molar-refractivity contribution in [3.63, 3.8) is 0 Å². The van der Waals surface area contributed by atoms with E-state index in [-0.39, 0.29) is 11.7 Å². The van der Waals surface area contributed by atoms with Gasteiger partial charge in [-0.2, -0.15) is 4.31 Å². The van der Waals surface area contributed by atoms with E-state index >= 15 is 0 Å². The van der Waals surface area contributed by atoms with Gasteiger partial charge in [0.1, 0.15) is 0 Å². The quantitative estimate of drug-likeness (QED) is 0.688. The number of nitrogens with zero attached hydrogens (tertiary/aromatic N) is 3. The molecule has 0 N–H and O–H groups in total. The van der Waals surface area contributed by atoms with Gasteiger partial charge in [-0.3, -0.25) is 4.79 Å². The van der Waals surface area contributed by atoms with Gasteiger partial charge in [-0.15, -0.1) is 0 Å². The number of rotatable bonds is 8. The molecule has 1 aromatic carbocycles. The smallest absolute Gasteiger partial charge is 0.223 e. The third kappa shape index (κ3) is 5.79. The molecule has 146 valence electrons. The molecule has 1 saturated heterocycles. The number of aryl methyl sites for hydroxylation is 1. The highest BCUT2D eigenvalue weighted by Gasteiger charge is 2.28. The van der Waals surface area contributed by atoms with Crippen LogP contribution < -0.4 is 0 Å². The second-order valence-corrected chi connectivity index (χ2v) is 8.77. The van der Waals surface area contributed by atoms with E-state index in [4.69, 9.17) is 0 Å². The van der Waals surface area contributed by atoms with E-state index in [2.05, 4.69) is 18.7 Å². The molecule has 0 saturated carbocycles. The van der Waals surface area contributed by atoms with Crippen molar-refractivity contribution in [3.05, 3.63) is 35.4 Å². The number of benzene rings is 1. The highest BCUT2D eigenvalue weighted by molar-refractivity contribution is 7.88. The molecule has 1 amide bonds. The Hall–Kier alpha value is -1.44. The Morgan fingerprint density at radius 3 is 2.35 bits per heavy atom. The third-order valence-corrected chi connectivity index (χ3v) is 6.80. The molecular weight excluding hydrogens is 350 g/mol. The summed E-state index contributed by atoms with van der Waals surface area (Å²) in [4.78, 5) is 16.4. The molecule has 1 fully saturated rings. The molecule has 0 spiro atoms. The summed E-state index contributed by atoms with van der Waals surface area (Å²) < 4.78 is 26.8. The van der Waals surface area contributed by atoms with Gasteiger partial charge in [0.05, 0.1) is 5.75 Å². The summed E-state index contributed by atoms with van der Waals surface area (Å²) in [6.07, 6.45) is 0.498. The first-order chi connectivity index (χ1) is 12.4. The maximum atomic E-state index is 12.7. The van der Waals surface area contributed by atoms with Crippen LogP contribution in [0.4, 0.5) is 0 Å². The van der Waals surface area contributed by atoms with Crippen molar-refractivity contribution in [1.29, 1.82) is 0 Å². The summed E-state index contributed by atoms with van der Waals surface area (Å²) in [7, 11) is -3.35. The van der Waals surface area contributed by atoms with Gasteiger partial charge in [0, 0.05) is 39.1 Å². The molecule has 1 aliphatic rings. The van der Waals surface area contributed by atoms with E-state index in [0.717, 1.165) is 30.8 Å². The minimum absolute atomic E-state index is 0.0184. The molecule has 7 heteroatoms. The van der Waals surface area contributed by atoms with Gasteiger partial charge in [0.25, 0.3) is 0 Å². The Morgan fingerprint density at radius 2 is 1.77 bits per heavy atom. The van der Waals surface area contributed by atoms with Gasteiger partial charge in [0.15, 0.2) is 0 Å². The highest BCUT2D eigenvalue weighted by Crippen LogP contribution is 2.15. The third-order valence-electron chi connectivity index (χ3n) is 4.95. The lowest BCUT2D eigenvalue weighted by atomic mass is 10.2. The van der Waals surface area contributed by atoms with Crippen molar-refractivity contribution in [1.82, 2.24) is 14.1 Å². The number of hydrogen-bond acceptors (Lipinski definition) is 4. The Labute approximate surface area is 157 Å². The molecule has 1 aliphatic heterocycles. The molecule has 0 atom stereocenters. The average molecular weight is 382 g/mol. The average Bonchev–Trinajstić information content (AvgIpc) is 2.62. The Kier molecular flexibility index (Phi) is 7.61. The lowest BCUT2D eigenvalue weighted by Crippen LogP contribution is -2.51. The van der Waals surface area contributed by atoms with E-state index in [9.17, 15) is 13.2 Å². The minimum Gasteiger partial charge on any atom is -0.340 e. The highest BCUT2D eigenvalue weighted by atomic mass is 32.2. The molecule has 0 unspecified atom stereocenters. The summed E-state index contributed by atoms with van der Waals surface area (Å²) in [5.74, 6) is 0.137. The van der Waals surface area contributed by atoms with E-state index in [1.165, 1.54) is 4.31 Å². The van der Waals surface area contributed by atoms with E-state index in [1.807, 2.05) is 31.2 Å². The number of hydrogen-bond donors (Lipinski definition) is 0. The zero-order valence-electron chi connectivity index (χ0n) is 16.1. The second kappa shape index (κ2) is 9.48. The van der Waals surface area contributed by atoms with Gasteiger partial charge in [-0.05, 0) is 25.6 Å². The summed E-state index contributed by atoms with van der Waals surface area (Å²) in [6, 6.07) is 7.59. The van der Waals surface area contributed by atoms with Crippen molar-refractivity contribution < 1.29 is 13.2 Å². The summed E-state index contributed by atoms with van der Waals surface area (Å²) in [6.45, 7) is 10.5. The monoisotopic (exact) mass is 381 g/mol. The van der Waals surface area contributed by atoms with E-state index < -0.39 is 10.0 Å². The molecule has 0 aromatic heterocycles. The Bertz CT molecular complexity index is 694. The zero-order chi connectivity index (χ0) is 19.2. The number of sulfonamides is 1. The number of amides is 1. The molecule has 1 aromatic rings. The van der Waals surface area contributed by atoms with Crippen LogP contribution in [0.3, 0.4) is 0 Å². The van der Waals surface area contributed by atoms with E-state index in [0.29, 0.717) is 32.6 Å². The normalized spacial score (nSPS) is 16.2. The van der Waals surface area contributed by atoms with Crippen molar-refractivity contribution in [2.45, 2.75) is 32.9 Å². The second-order valence-electron chi connectivity index (χ2n) is 6.80. The van der Waals surface area contributed by atoms with Crippen molar-refractivity contribution in [3.8, 4) is 0 Å². The van der Waals surface area contributed by atoms with Crippen molar-refractivity contribution in [2.24, 2.45) is 0 Å². The van der Waals surface area contributed by atoms with Crippen LogP contribution >= 0.6 is 0 Å². The van der Waals surface area contributed by atoms with Crippen LogP contribution in [-0.2, 0) is 20.6 Å². The molecule has 26 heavy (non-hydrogen) atoms. The largest absolute Gasteiger partial charge is 0.340 e. The summed E-state index contributed by atoms with van der Waals surface area (Å²) in [5.41, 5.74) is 1.86. The SMILES string of the molecule is CCN(CC)CCC(=O)N1CCN(S(=O)(=O)Cc2cccc(C)c2)CC1. The van der Waals surface area contributed by atoms with E-state index in [1.54, 1.807) is 4.90 Å². The van der Waals surface area contributed by atoms with Gasteiger partial charge in [0.2, 0.25) is 15.9 Å². The fraction of sp³-hybridized carbons (Fsp3) is 0.632. The number of piperazine rings is 1. The van der Waals surface area contributed by atoms with Gasteiger partial charge >= 0.3 is 0 Å². The lowest BCUT2D eigenvalue weighted by molar-refractivity contribution is -0.132. The van der Waals surface area contributed by atoms with Crippen LogP contribution in [-0.4, -0.2) is 74.2 Å². The Morgan fingerprint density at radius 1 is 1.12 bits per heavy atom. The van der Waals surface area contributed by atoms with Crippen LogP contribution in [0.2, 0.25) is 0 Å². The molecular formula is C19H31N3O3S. The van der Waals surface area contributed by atoms with Crippen molar-refractivity contribution >= 4 is 15.9 Å². The summed E-state index contributed by atoms with van der Waals surface area (Å²) in [5, 5.41) is 0. The van der Waals surface area contributed by atoms with Crippen LogP contribution in [0.15, 0.2) is 24.3 Å². The standard InChI is InChI=1S/C19H31N3O3S/c1-4-20(5-2)10-9-19(23)21-11-13-22(14-12-21)26(24,25)16-18-8-6-7-17(3)15-18/h6-8,15H,4-5,9-14,16H2,1-3H3. The minimum atomic E-state index is -3.35. The zero-order valence-corrected chi connectivity index (χ0v) is 17.0. The molecule has 0 radical (unpaired) electrons. The molecule has 6 nitrogen and oxygen atoms in total. The fourth-order valence-corrected chi connectivity index (χ4v) is 4.77. The number of carbonyl (C=O) groups excluding carboxylic acids is 1. The Balaban J connectivity index is 1.86. The molecule has 0 bridgehead atoms. The van der Waals surface area contributed by atoms with Crippen LogP contribution in [0.25, 0.3) is 0 Å². The van der Waals surface area contributed by atoms with Crippen molar-refractivity contribution in [2.75, 3.05) is 45.8 Å². The fourth-order valence-electron chi connectivity index (χ4n) is 3.27. The van der Waals surface area contributed by atoms with Gasteiger partial charge in [-0.1, -0.05) is 43.7 Å². The molecule has 2 rings (SSSR count). The number of carbonyl (C=O) groups is 1. The first-order valence-electron chi connectivity index (χ1n) is 9.39. The summed E-state index contributed by atoms with van der Waals surface area (Å²) >= 11 is 0. The molecule has 0 aliphatic carbocycles. The maximum Gasteiger partial charge on any atom is 0.223 e. The van der Waals surface area contributed by atoms with Crippen LogP contribution in [0.1, 0.15) is 31.4 Å². The van der Waals surface area contributed by atoms with Gasteiger partial charge < -0.3 is 9.80 Å². The predicted molar refractivity (Wildman–Crippen MR) is 104 cm³/mol. The van der Waals surface area contributed by atoms with Gasteiger partial charge in [-0.25, -0.2) is 8.42 Å². The molecule has 1 heterocycles. The maximum absolute atomic E-state index is 12.7.